The number of piperidine rings is 1. The van der Waals surface area contributed by atoms with Crippen molar-refractivity contribution in [2.45, 2.75) is 70.1 Å². The summed E-state index contributed by atoms with van der Waals surface area (Å²) in [5.41, 5.74) is 1.04. The van der Waals surface area contributed by atoms with E-state index in [-0.39, 0.29) is 18.4 Å². The number of nitrogens with one attached hydrogen (secondary N) is 1. The Labute approximate surface area is 196 Å². The van der Waals surface area contributed by atoms with Crippen LogP contribution >= 0.6 is 0 Å². The van der Waals surface area contributed by atoms with Gasteiger partial charge in [-0.3, -0.25) is 19.8 Å². The smallest absolute Gasteiger partial charge is 0.227 e. The van der Waals surface area contributed by atoms with E-state index in [1.165, 1.54) is 5.56 Å². The zero-order chi connectivity index (χ0) is 24.1. The summed E-state index contributed by atoms with van der Waals surface area (Å²) < 4.78 is 5.50. The number of aryl methyl sites for hydroxylation is 1. The van der Waals surface area contributed by atoms with Crippen molar-refractivity contribution in [3.8, 4) is 5.75 Å². The van der Waals surface area contributed by atoms with Gasteiger partial charge in [0.2, 0.25) is 12.3 Å². The number of nitrogens with zero attached hydrogens (tertiary/aromatic N) is 1. The van der Waals surface area contributed by atoms with E-state index in [9.17, 15) is 14.7 Å². The van der Waals surface area contributed by atoms with E-state index in [1.807, 2.05) is 43.3 Å². The lowest BCUT2D eigenvalue weighted by Crippen LogP contribution is -2.68. The van der Waals surface area contributed by atoms with Gasteiger partial charge in [-0.25, -0.2) is 0 Å². The molecule has 2 aromatic carbocycles. The Morgan fingerprint density at radius 1 is 1.27 bits per heavy atom. The van der Waals surface area contributed by atoms with Gasteiger partial charge in [0.05, 0.1) is 12.7 Å². The van der Waals surface area contributed by atoms with Crippen molar-refractivity contribution in [1.82, 2.24) is 10.2 Å². The maximum Gasteiger partial charge on any atom is 0.227 e. The highest BCUT2D eigenvalue weighted by atomic mass is 16.5. The third-order valence-electron chi connectivity index (χ3n) is 7.40. The molecule has 3 atom stereocenters. The van der Waals surface area contributed by atoms with Gasteiger partial charge in [-0.2, -0.15) is 0 Å². The van der Waals surface area contributed by atoms with Crippen LogP contribution in [0.25, 0.3) is 0 Å². The van der Waals surface area contributed by atoms with E-state index in [4.69, 9.17) is 4.74 Å². The maximum atomic E-state index is 12.8. The number of imide groups is 1. The normalized spacial score (nSPS) is 25.4. The highest BCUT2D eigenvalue weighted by Crippen LogP contribution is 2.52. The van der Waals surface area contributed by atoms with Crippen LogP contribution in [0.5, 0.6) is 5.75 Å². The number of benzene rings is 2. The van der Waals surface area contributed by atoms with Crippen LogP contribution in [-0.2, 0) is 21.5 Å². The summed E-state index contributed by atoms with van der Waals surface area (Å²) in [6.07, 6.45) is 2.33. The number of rotatable bonds is 9. The molecule has 2 N–H and O–H groups in total. The van der Waals surface area contributed by atoms with Gasteiger partial charge in [0.1, 0.15) is 5.75 Å². The molecule has 1 aliphatic heterocycles. The fourth-order valence-electron chi connectivity index (χ4n) is 5.65. The first-order valence-corrected chi connectivity index (χ1v) is 11.7. The van der Waals surface area contributed by atoms with E-state index < -0.39 is 11.0 Å². The number of methoxy groups -OCH3 is 1. The number of amides is 2. The number of hydrogen-bond acceptors (Lipinski definition) is 5. The zero-order valence-electron chi connectivity index (χ0n) is 20.1. The Kier molecular flexibility index (Phi) is 7.92. The van der Waals surface area contributed by atoms with Gasteiger partial charge in [0.25, 0.3) is 0 Å². The van der Waals surface area contributed by atoms with E-state index in [0.717, 1.165) is 24.1 Å². The molecule has 2 amide bonds. The van der Waals surface area contributed by atoms with Crippen molar-refractivity contribution < 1.29 is 19.4 Å². The minimum atomic E-state index is -1.19. The van der Waals surface area contributed by atoms with Crippen molar-refractivity contribution in [1.29, 1.82) is 0 Å². The van der Waals surface area contributed by atoms with Gasteiger partial charge in [-0.1, -0.05) is 49.7 Å². The molecule has 3 rings (SSSR count). The van der Waals surface area contributed by atoms with Crippen LogP contribution in [-0.4, -0.2) is 47.6 Å². The average molecular weight is 453 g/mol. The predicted molar refractivity (Wildman–Crippen MR) is 129 cm³/mol. The van der Waals surface area contributed by atoms with Crippen LogP contribution < -0.4 is 10.1 Å². The Morgan fingerprint density at radius 2 is 2.00 bits per heavy atom. The number of likely N-dealkylation sites (tertiary alicyclic amines) is 1. The molecule has 0 aromatic heterocycles. The second-order valence-electron chi connectivity index (χ2n) is 9.18. The lowest BCUT2D eigenvalue weighted by Gasteiger charge is -2.58. The van der Waals surface area contributed by atoms with Gasteiger partial charge in [0.15, 0.2) is 0 Å². The molecule has 0 aliphatic carbocycles. The van der Waals surface area contributed by atoms with Gasteiger partial charge in [-0.15, -0.1) is 0 Å². The summed E-state index contributed by atoms with van der Waals surface area (Å²) in [4.78, 5) is 26.2. The van der Waals surface area contributed by atoms with Gasteiger partial charge in [0, 0.05) is 24.4 Å². The molecule has 6 nitrogen and oxygen atoms in total. The molecule has 0 bridgehead atoms. The summed E-state index contributed by atoms with van der Waals surface area (Å²) in [6, 6.07) is 15.8. The molecule has 1 saturated heterocycles. The van der Waals surface area contributed by atoms with E-state index in [1.54, 1.807) is 7.11 Å². The van der Waals surface area contributed by atoms with Crippen LogP contribution in [0.2, 0.25) is 0 Å². The van der Waals surface area contributed by atoms with Crippen molar-refractivity contribution in [2.75, 3.05) is 13.7 Å². The van der Waals surface area contributed by atoms with Crippen LogP contribution in [0.15, 0.2) is 48.5 Å². The molecule has 1 heterocycles. The highest BCUT2D eigenvalue weighted by Gasteiger charge is 2.59. The third-order valence-corrected chi connectivity index (χ3v) is 7.40. The van der Waals surface area contributed by atoms with Crippen LogP contribution in [0.4, 0.5) is 0 Å². The lowest BCUT2D eigenvalue weighted by molar-refractivity contribution is -0.153. The third kappa shape index (κ3) is 4.82. The Morgan fingerprint density at radius 3 is 2.64 bits per heavy atom. The second kappa shape index (κ2) is 10.5. The fraction of sp³-hybridized carbons (Fsp3) is 0.481. The first-order chi connectivity index (χ1) is 15.8. The van der Waals surface area contributed by atoms with E-state index in [2.05, 4.69) is 36.2 Å². The molecule has 2 aromatic rings. The Hall–Kier alpha value is -2.70. The number of aliphatic hydroxyl groups is 1. The standard InChI is InChI=1S/C27H36N2O4/c1-5-13-27(32)21(3)29(18-22-9-7-6-8-10-22)15-14-26(27,17-25(31)28-19-30)24-16-23(33-4)12-11-20(24)2/h6-12,16,19,21,32H,5,13-15,17-18H2,1-4H3,(H,28,30,31)/t21?,26-,27?/m1/s1. The quantitative estimate of drug-likeness (QED) is 0.567. The Bertz CT molecular complexity index is 964. The van der Waals surface area contributed by atoms with Crippen molar-refractivity contribution in [3.63, 3.8) is 0 Å². The molecule has 0 saturated carbocycles. The summed E-state index contributed by atoms with van der Waals surface area (Å²) in [5, 5.41) is 14.8. The minimum Gasteiger partial charge on any atom is -0.497 e. The minimum absolute atomic E-state index is 0.0275. The molecule has 0 spiro atoms. The maximum absolute atomic E-state index is 12.8. The van der Waals surface area contributed by atoms with Gasteiger partial charge in [-0.05, 0) is 62.1 Å². The molecule has 0 radical (unpaired) electrons. The summed E-state index contributed by atoms with van der Waals surface area (Å²) in [5.74, 6) is 0.300. The molecule has 33 heavy (non-hydrogen) atoms. The number of carbonyl (C=O) groups excluding carboxylic acids is 2. The topological polar surface area (TPSA) is 78.9 Å². The number of ether oxygens (including phenoxy) is 1. The molecular formula is C27H36N2O4. The monoisotopic (exact) mass is 452 g/mol. The van der Waals surface area contributed by atoms with Gasteiger partial charge >= 0.3 is 0 Å². The Balaban J connectivity index is 2.12. The molecule has 178 valence electrons. The van der Waals surface area contributed by atoms with Crippen molar-refractivity contribution in [2.24, 2.45) is 0 Å². The predicted octanol–water partition coefficient (Wildman–Crippen LogP) is 3.73. The van der Waals surface area contributed by atoms with Crippen LogP contribution in [0, 0.1) is 6.92 Å². The second-order valence-corrected chi connectivity index (χ2v) is 9.18. The fourth-order valence-corrected chi connectivity index (χ4v) is 5.65. The first kappa shape index (κ1) is 24.9. The van der Waals surface area contributed by atoms with Crippen molar-refractivity contribution in [3.05, 3.63) is 65.2 Å². The molecular weight excluding hydrogens is 416 g/mol. The molecule has 6 heteroatoms. The van der Waals surface area contributed by atoms with Crippen LogP contribution in [0.1, 0.15) is 56.2 Å². The summed E-state index contributed by atoms with van der Waals surface area (Å²) in [6.45, 7) is 7.55. The largest absolute Gasteiger partial charge is 0.497 e. The van der Waals surface area contributed by atoms with E-state index >= 15 is 0 Å². The van der Waals surface area contributed by atoms with Gasteiger partial charge < -0.3 is 9.84 Å². The molecule has 1 fully saturated rings. The van der Waals surface area contributed by atoms with Crippen LogP contribution in [0.3, 0.4) is 0 Å². The average Bonchev–Trinajstić information content (AvgIpc) is 2.80. The SMILES string of the molecule is CCCC1(O)C(C)N(Cc2ccccc2)CC[C@@]1(CC(=O)NC=O)c1cc(OC)ccc1C. The molecule has 2 unspecified atom stereocenters. The lowest BCUT2D eigenvalue weighted by atomic mass is 9.56. The zero-order valence-corrected chi connectivity index (χ0v) is 20.1. The van der Waals surface area contributed by atoms with E-state index in [0.29, 0.717) is 31.5 Å². The number of carbonyl (C=O) groups is 2. The first-order valence-electron chi connectivity index (χ1n) is 11.7. The number of hydrogen-bond donors (Lipinski definition) is 2. The summed E-state index contributed by atoms with van der Waals surface area (Å²) >= 11 is 0. The highest BCUT2D eigenvalue weighted by molar-refractivity contribution is 5.87. The molecule has 1 aliphatic rings. The van der Waals surface area contributed by atoms with Crippen molar-refractivity contribution >= 4 is 12.3 Å². The summed E-state index contributed by atoms with van der Waals surface area (Å²) in [7, 11) is 1.61.